The standard InChI is InChI=1S/C10H14N2O5S2/c1-6-5-8(18-9(6)10(14)15)19(16,17)12-4-3-7(13)11-2/h5,12H,3-4H2,1-2H3,(H,11,13)(H,14,15). The number of carboxylic acid groups (broad SMARTS) is 1. The first-order valence-electron chi connectivity index (χ1n) is 5.32. The molecule has 7 nitrogen and oxygen atoms in total. The summed E-state index contributed by atoms with van der Waals surface area (Å²) >= 11 is 0.689. The van der Waals surface area contributed by atoms with Crippen LogP contribution in [0.3, 0.4) is 0 Å². The lowest BCUT2D eigenvalue weighted by Crippen LogP contribution is -2.28. The molecule has 0 saturated carbocycles. The van der Waals surface area contributed by atoms with Crippen LogP contribution in [0.2, 0.25) is 0 Å². The van der Waals surface area contributed by atoms with Crippen LogP contribution in [0.25, 0.3) is 0 Å². The van der Waals surface area contributed by atoms with Gasteiger partial charge in [-0.1, -0.05) is 0 Å². The van der Waals surface area contributed by atoms with Gasteiger partial charge in [-0.15, -0.1) is 11.3 Å². The normalized spacial score (nSPS) is 11.3. The molecule has 1 aromatic heterocycles. The highest BCUT2D eigenvalue weighted by Crippen LogP contribution is 2.25. The Balaban J connectivity index is 2.80. The van der Waals surface area contributed by atoms with Gasteiger partial charge in [0.05, 0.1) is 0 Å². The SMILES string of the molecule is CNC(=O)CCNS(=O)(=O)c1cc(C)c(C(=O)O)s1. The molecule has 0 unspecified atom stereocenters. The summed E-state index contributed by atoms with van der Waals surface area (Å²) in [6, 6.07) is 1.30. The predicted molar refractivity (Wildman–Crippen MR) is 69.9 cm³/mol. The van der Waals surface area contributed by atoms with E-state index in [9.17, 15) is 18.0 Å². The molecule has 1 rings (SSSR count). The van der Waals surface area contributed by atoms with Crippen molar-refractivity contribution >= 4 is 33.2 Å². The maximum absolute atomic E-state index is 11.9. The Labute approximate surface area is 114 Å². The van der Waals surface area contributed by atoms with E-state index in [2.05, 4.69) is 10.0 Å². The number of amides is 1. The Kier molecular flexibility index (Phi) is 5.04. The molecule has 19 heavy (non-hydrogen) atoms. The number of hydrogen-bond donors (Lipinski definition) is 3. The van der Waals surface area contributed by atoms with Crippen molar-refractivity contribution in [2.45, 2.75) is 17.6 Å². The van der Waals surface area contributed by atoms with Gasteiger partial charge in [-0.2, -0.15) is 0 Å². The summed E-state index contributed by atoms with van der Waals surface area (Å²) in [6.07, 6.45) is 0.0197. The van der Waals surface area contributed by atoms with Gasteiger partial charge >= 0.3 is 5.97 Å². The average molecular weight is 306 g/mol. The van der Waals surface area contributed by atoms with Gasteiger partial charge in [0.25, 0.3) is 0 Å². The molecular weight excluding hydrogens is 292 g/mol. The number of rotatable bonds is 6. The minimum absolute atomic E-state index is 0.00771. The molecular formula is C10H14N2O5S2. The van der Waals surface area contributed by atoms with E-state index in [0.29, 0.717) is 16.9 Å². The van der Waals surface area contributed by atoms with E-state index in [1.165, 1.54) is 20.0 Å². The molecule has 106 valence electrons. The van der Waals surface area contributed by atoms with Crippen molar-refractivity contribution in [1.29, 1.82) is 0 Å². The summed E-state index contributed by atoms with van der Waals surface area (Å²) in [6.45, 7) is 1.49. The number of thiophene rings is 1. The van der Waals surface area contributed by atoms with E-state index in [-0.39, 0.29) is 28.0 Å². The minimum atomic E-state index is -3.77. The molecule has 1 aromatic rings. The molecule has 0 aromatic carbocycles. The van der Waals surface area contributed by atoms with Gasteiger partial charge in [0.2, 0.25) is 15.9 Å². The zero-order valence-electron chi connectivity index (χ0n) is 10.4. The van der Waals surface area contributed by atoms with E-state index < -0.39 is 16.0 Å². The van der Waals surface area contributed by atoms with Gasteiger partial charge in [-0.3, -0.25) is 4.79 Å². The summed E-state index contributed by atoms with van der Waals surface area (Å²) in [5.41, 5.74) is 0.393. The second-order valence-electron chi connectivity index (χ2n) is 3.70. The molecule has 0 aliphatic rings. The van der Waals surface area contributed by atoms with Crippen LogP contribution in [0.4, 0.5) is 0 Å². The highest BCUT2D eigenvalue weighted by molar-refractivity contribution is 7.91. The number of carbonyl (C=O) groups is 2. The summed E-state index contributed by atoms with van der Waals surface area (Å²) in [7, 11) is -2.32. The van der Waals surface area contributed by atoms with Crippen molar-refractivity contribution in [2.75, 3.05) is 13.6 Å². The van der Waals surface area contributed by atoms with Crippen LogP contribution < -0.4 is 10.0 Å². The van der Waals surface area contributed by atoms with Crippen LogP contribution in [0.5, 0.6) is 0 Å². The first-order valence-corrected chi connectivity index (χ1v) is 7.62. The van der Waals surface area contributed by atoms with Crippen molar-refractivity contribution in [3.8, 4) is 0 Å². The van der Waals surface area contributed by atoms with Crippen molar-refractivity contribution in [3.63, 3.8) is 0 Å². The molecule has 9 heteroatoms. The molecule has 0 aliphatic heterocycles. The Bertz CT molecular complexity index is 591. The molecule has 1 amide bonds. The molecule has 0 fully saturated rings. The summed E-state index contributed by atoms with van der Waals surface area (Å²) in [5, 5.41) is 11.2. The number of aromatic carboxylic acids is 1. The highest BCUT2D eigenvalue weighted by Gasteiger charge is 2.21. The summed E-state index contributed by atoms with van der Waals surface area (Å²) < 4.78 is 25.9. The zero-order chi connectivity index (χ0) is 14.6. The Morgan fingerprint density at radius 3 is 2.53 bits per heavy atom. The number of hydrogen-bond acceptors (Lipinski definition) is 5. The molecule has 0 saturated heterocycles. The van der Waals surface area contributed by atoms with Crippen LogP contribution in [0, 0.1) is 6.92 Å². The largest absolute Gasteiger partial charge is 0.477 e. The smallest absolute Gasteiger partial charge is 0.346 e. The third-order valence-corrected chi connectivity index (χ3v) is 5.44. The molecule has 0 atom stereocenters. The maximum Gasteiger partial charge on any atom is 0.346 e. The minimum Gasteiger partial charge on any atom is -0.477 e. The Hall–Kier alpha value is -1.45. The van der Waals surface area contributed by atoms with Crippen LogP contribution in [0.15, 0.2) is 10.3 Å². The predicted octanol–water partition coefficient (Wildman–Crippen LogP) is 0.169. The van der Waals surface area contributed by atoms with E-state index in [1.807, 2.05) is 0 Å². The highest BCUT2D eigenvalue weighted by atomic mass is 32.2. The zero-order valence-corrected chi connectivity index (χ0v) is 12.0. The lowest BCUT2D eigenvalue weighted by Gasteiger charge is -2.03. The lowest BCUT2D eigenvalue weighted by atomic mass is 10.3. The fourth-order valence-electron chi connectivity index (χ4n) is 1.29. The van der Waals surface area contributed by atoms with Gasteiger partial charge in [-0.25, -0.2) is 17.9 Å². The lowest BCUT2D eigenvalue weighted by molar-refractivity contribution is -0.120. The third-order valence-electron chi connectivity index (χ3n) is 2.28. The molecule has 0 spiro atoms. The average Bonchev–Trinajstić information content (AvgIpc) is 2.71. The fourth-order valence-corrected chi connectivity index (χ4v) is 3.75. The molecule has 1 heterocycles. The van der Waals surface area contributed by atoms with Crippen LogP contribution >= 0.6 is 11.3 Å². The third kappa shape index (κ3) is 4.01. The molecule has 0 bridgehead atoms. The van der Waals surface area contributed by atoms with Gasteiger partial charge in [0, 0.05) is 20.0 Å². The Morgan fingerprint density at radius 2 is 2.05 bits per heavy atom. The van der Waals surface area contributed by atoms with E-state index in [1.54, 1.807) is 0 Å². The van der Waals surface area contributed by atoms with Crippen molar-refractivity contribution < 1.29 is 23.1 Å². The van der Waals surface area contributed by atoms with Crippen LogP contribution in [-0.2, 0) is 14.8 Å². The number of sulfonamides is 1. The fraction of sp³-hybridized carbons (Fsp3) is 0.400. The molecule has 0 aliphatic carbocycles. The van der Waals surface area contributed by atoms with Crippen LogP contribution in [0.1, 0.15) is 21.7 Å². The molecule has 0 radical (unpaired) electrons. The second-order valence-corrected chi connectivity index (χ2v) is 6.75. The summed E-state index contributed by atoms with van der Waals surface area (Å²) in [4.78, 5) is 21.8. The first-order chi connectivity index (χ1) is 8.77. The van der Waals surface area contributed by atoms with E-state index in [0.717, 1.165) is 0 Å². The monoisotopic (exact) mass is 306 g/mol. The maximum atomic E-state index is 11.9. The van der Waals surface area contributed by atoms with Crippen molar-refractivity contribution in [3.05, 3.63) is 16.5 Å². The number of aryl methyl sites for hydroxylation is 1. The molecule has 3 N–H and O–H groups in total. The van der Waals surface area contributed by atoms with Gasteiger partial charge in [0.1, 0.15) is 9.09 Å². The van der Waals surface area contributed by atoms with Crippen LogP contribution in [-0.4, -0.2) is 39.0 Å². The van der Waals surface area contributed by atoms with Gasteiger partial charge in [-0.05, 0) is 18.6 Å². The van der Waals surface area contributed by atoms with E-state index >= 15 is 0 Å². The second kappa shape index (κ2) is 6.13. The van der Waals surface area contributed by atoms with E-state index in [4.69, 9.17) is 5.11 Å². The quantitative estimate of drug-likeness (QED) is 0.693. The topological polar surface area (TPSA) is 113 Å². The number of carboxylic acids is 1. The number of nitrogens with one attached hydrogen (secondary N) is 2. The first kappa shape index (κ1) is 15.6. The van der Waals surface area contributed by atoms with Crippen molar-refractivity contribution in [2.24, 2.45) is 0 Å². The Morgan fingerprint density at radius 1 is 1.42 bits per heavy atom. The van der Waals surface area contributed by atoms with Gasteiger partial charge in [0.15, 0.2) is 0 Å². The summed E-state index contributed by atoms with van der Waals surface area (Å²) in [5.74, 6) is -1.44. The number of carbonyl (C=O) groups excluding carboxylic acids is 1. The van der Waals surface area contributed by atoms with Crippen molar-refractivity contribution in [1.82, 2.24) is 10.0 Å². The van der Waals surface area contributed by atoms with Gasteiger partial charge < -0.3 is 10.4 Å².